The van der Waals surface area contributed by atoms with Gasteiger partial charge >= 0.3 is 11.9 Å². The quantitative estimate of drug-likeness (QED) is 0.574. The molecule has 0 aromatic carbocycles. The average molecular weight is 264 g/mol. The first kappa shape index (κ1) is 12.7. The Balaban J connectivity index is 1.88. The number of fused-ring (bicyclic) bond motifs is 1. The van der Waals surface area contributed by atoms with Crippen LogP contribution in [0.5, 0.6) is 0 Å². The van der Waals surface area contributed by atoms with Crippen molar-refractivity contribution in [3.63, 3.8) is 0 Å². The van der Waals surface area contributed by atoms with Gasteiger partial charge in [-0.15, -0.1) is 0 Å². The van der Waals surface area contributed by atoms with E-state index in [0.29, 0.717) is 25.0 Å². The molecule has 2 bridgehead atoms. The van der Waals surface area contributed by atoms with Crippen LogP contribution in [0.4, 0.5) is 0 Å². The van der Waals surface area contributed by atoms with E-state index in [2.05, 4.69) is 12.2 Å². The van der Waals surface area contributed by atoms with E-state index >= 15 is 0 Å². The standard InChI is InChI=1S/C15H20O4/c1-3-18-14(16)12-8-5-6-9(11-7-10(8)11)13(12)15(17)19-4-2/h5-6,8-13H,3-4,7H2,1-2H3/t8-,9+,10+,11-,12-,13-/m0/s1. The lowest BCUT2D eigenvalue weighted by Crippen LogP contribution is -2.47. The maximum Gasteiger partial charge on any atom is 0.310 e. The molecule has 4 aliphatic rings. The Labute approximate surface area is 113 Å². The molecule has 4 nitrogen and oxygen atoms in total. The Hall–Kier alpha value is -1.32. The summed E-state index contributed by atoms with van der Waals surface area (Å²) in [4.78, 5) is 24.4. The predicted molar refractivity (Wildman–Crippen MR) is 68.0 cm³/mol. The molecule has 6 atom stereocenters. The lowest BCUT2D eigenvalue weighted by atomic mass is 9.62. The minimum atomic E-state index is -0.335. The summed E-state index contributed by atoms with van der Waals surface area (Å²) < 4.78 is 10.4. The first-order chi connectivity index (χ1) is 9.19. The zero-order valence-corrected chi connectivity index (χ0v) is 11.4. The van der Waals surface area contributed by atoms with Crippen LogP contribution >= 0.6 is 0 Å². The summed E-state index contributed by atoms with van der Waals surface area (Å²) in [6.45, 7) is 4.32. The Bertz CT molecular complexity index is 390. The summed E-state index contributed by atoms with van der Waals surface area (Å²) in [5.41, 5.74) is 0. The van der Waals surface area contributed by atoms with E-state index in [-0.39, 0.29) is 35.6 Å². The Morgan fingerprint density at radius 3 is 1.74 bits per heavy atom. The number of hydrogen-bond donors (Lipinski definition) is 0. The maximum atomic E-state index is 12.2. The minimum absolute atomic E-state index is 0.170. The highest BCUT2D eigenvalue weighted by Gasteiger charge is 2.63. The summed E-state index contributed by atoms with van der Waals surface area (Å²) >= 11 is 0. The van der Waals surface area contributed by atoms with Gasteiger partial charge in [0.1, 0.15) is 0 Å². The van der Waals surface area contributed by atoms with Gasteiger partial charge in [-0.2, -0.15) is 0 Å². The van der Waals surface area contributed by atoms with Crippen molar-refractivity contribution in [2.24, 2.45) is 35.5 Å². The molecule has 4 heteroatoms. The molecule has 2 fully saturated rings. The van der Waals surface area contributed by atoms with Crippen molar-refractivity contribution in [2.45, 2.75) is 20.3 Å². The van der Waals surface area contributed by atoms with Gasteiger partial charge < -0.3 is 9.47 Å². The minimum Gasteiger partial charge on any atom is -0.466 e. The van der Waals surface area contributed by atoms with Crippen LogP contribution in [0.15, 0.2) is 12.2 Å². The van der Waals surface area contributed by atoms with Crippen molar-refractivity contribution in [3.05, 3.63) is 12.2 Å². The van der Waals surface area contributed by atoms with Crippen LogP contribution in [-0.4, -0.2) is 25.2 Å². The van der Waals surface area contributed by atoms with Gasteiger partial charge in [0.15, 0.2) is 0 Å². The average Bonchev–Trinajstić information content (AvgIpc) is 3.20. The van der Waals surface area contributed by atoms with Crippen LogP contribution in [0, 0.1) is 35.5 Å². The monoisotopic (exact) mass is 264 g/mol. The second-order valence-electron chi connectivity index (χ2n) is 5.66. The first-order valence-electron chi connectivity index (χ1n) is 7.20. The number of hydrogen-bond acceptors (Lipinski definition) is 4. The van der Waals surface area contributed by atoms with E-state index in [1.54, 1.807) is 13.8 Å². The third-order valence-electron chi connectivity index (χ3n) is 4.77. The Morgan fingerprint density at radius 1 is 0.947 bits per heavy atom. The molecule has 0 N–H and O–H groups in total. The summed E-state index contributed by atoms with van der Waals surface area (Å²) in [5, 5.41) is 0. The van der Waals surface area contributed by atoms with Crippen LogP contribution in [0.2, 0.25) is 0 Å². The van der Waals surface area contributed by atoms with Gasteiger partial charge in [-0.3, -0.25) is 9.59 Å². The normalized spacial score (nSPS) is 41.6. The number of carbonyl (C=O) groups is 2. The van der Waals surface area contributed by atoms with Crippen molar-refractivity contribution in [1.82, 2.24) is 0 Å². The van der Waals surface area contributed by atoms with E-state index in [0.717, 1.165) is 6.42 Å². The highest BCUT2D eigenvalue weighted by Crippen LogP contribution is 2.63. The van der Waals surface area contributed by atoms with Crippen LogP contribution in [0.3, 0.4) is 0 Å². The second-order valence-corrected chi connectivity index (χ2v) is 5.66. The molecule has 19 heavy (non-hydrogen) atoms. The number of esters is 2. The van der Waals surface area contributed by atoms with Gasteiger partial charge in [-0.05, 0) is 43.9 Å². The van der Waals surface area contributed by atoms with E-state index in [1.165, 1.54) is 0 Å². The van der Waals surface area contributed by atoms with Gasteiger partial charge in [0, 0.05) is 0 Å². The lowest BCUT2D eigenvalue weighted by molar-refractivity contribution is -0.167. The van der Waals surface area contributed by atoms with Crippen LogP contribution in [-0.2, 0) is 19.1 Å². The molecular weight excluding hydrogens is 244 g/mol. The lowest BCUT2D eigenvalue weighted by Gasteiger charge is -2.41. The van der Waals surface area contributed by atoms with E-state index < -0.39 is 0 Å². The molecule has 0 heterocycles. The van der Waals surface area contributed by atoms with Crippen LogP contribution in [0.1, 0.15) is 20.3 Å². The van der Waals surface area contributed by atoms with Gasteiger partial charge in [-0.1, -0.05) is 12.2 Å². The fourth-order valence-corrected chi connectivity index (χ4v) is 4.00. The summed E-state index contributed by atoms with van der Waals surface area (Å²) in [7, 11) is 0. The zero-order chi connectivity index (χ0) is 13.6. The molecule has 0 spiro atoms. The van der Waals surface area contributed by atoms with Crippen molar-refractivity contribution in [2.75, 3.05) is 13.2 Å². The van der Waals surface area contributed by atoms with E-state index in [4.69, 9.17) is 9.47 Å². The van der Waals surface area contributed by atoms with Crippen molar-refractivity contribution in [3.8, 4) is 0 Å². The second kappa shape index (κ2) is 4.66. The van der Waals surface area contributed by atoms with Gasteiger partial charge in [0.05, 0.1) is 25.0 Å². The third-order valence-corrected chi connectivity index (χ3v) is 4.77. The molecule has 0 amide bonds. The third kappa shape index (κ3) is 1.88. The van der Waals surface area contributed by atoms with Crippen LogP contribution < -0.4 is 0 Å². The van der Waals surface area contributed by atoms with Crippen molar-refractivity contribution in [1.29, 1.82) is 0 Å². The summed E-state index contributed by atoms with van der Waals surface area (Å²) in [5.74, 6) is 0.364. The topological polar surface area (TPSA) is 52.6 Å². The highest BCUT2D eigenvalue weighted by atomic mass is 16.5. The molecule has 0 aromatic rings. The SMILES string of the molecule is CCOC(=O)[C@H]1[C@@H]2C=C[C@@H]([C@H]3C[C@@H]23)[C@@H]1C(=O)OCC. The first-order valence-corrected chi connectivity index (χ1v) is 7.20. The fourth-order valence-electron chi connectivity index (χ4n) is 4.00. The number of ether oxygens (including phenoxy) is 2. The Kier molecular flexibility index (Phi) is 3.11. The number of carbonyl (C=O) groups excluding carboxylic acids is 2. The number of rotatable bonds is 4. The maximum absolute atomic E-state index is 12.2. The summed E-state index contributed by atoms with van der Waals surface area (Å²) in [6.07, 6.45) is 5.38. The molecular formula is C15H20O4. The molecule has 4 rings (SSSR count). The predicted octanol–water partition coefficient (Wildman–Crippen LogP) is 1.80. The fraction of sp³-hybridized carbons (Fsp3) is 0.733. The smallest absolute Gasteiger partial charge is 0.310 e. The van der Waals surface area contributed by atoms with E-state index in [9.17, 15) is 9.59 Å². The molecule has 0 unspecified atom stereocenters. The van der Waals surface area contributed by atoms with Gasteiger partial charge in [0.2, 0.25) is 0 Å². The molecule has 0 radical (unpaired) electrons. The largest absolute Gasteiger partial charge is 0.466 e. The van der Waals surface area contributed by atoms with Gasteiger partial charge in [-0.25, -0.2) is 0 Å². The van der Waals surface area contributed by atoms with Gasteiger partial charge in [0.25, 0.3) is 0 Å². The Morgan fingerprint density at radius 2 is 1.37 bits per heavy atom. The molecule has 0 aliphatic heterocycles. The molecule has 0 aromatic heterocycles. The van der Waals surface area contributed by atoms with Crippen molar-refractivity contribution >= 4 is 11.9 Å². The van der Waals surface area contributed by atoms with Crippen LogP contribution in [0.25, 0.3) is 0 Å². The highest BCUT2D eigenvalue weighted by molar-refractivity contribution is 5.84. The molecule has 104 valence electrons. The van der Waals surface area contributed by atoms with Crippen molar-refractivity contribution < 1.29 is 19.1 Å². The molecule has 4 aliphatic carbocycles. The number of allylic oxidation sites excluding steroid dienone is 2. The zero-order valence-electron chi connectivity index (χ0n) is 11.4. The molecule has 2 saturated carbocycles. The molecule has 0 saturated heterocycles. The van der Waals surface area contributed by atoms with E-state index in [1.807, 2.05) is 0 Å². The summed E-state index contributed by atoms with van der Waals surface area (Å²) in [6, 6.07) is 0.